The van der Waals surface area contributed by atoms with E-state index in [1.165, 1.54) is 6.08 Å². The average molecular weight is 338 g/mol. The summed E-state index contributed by atoms with van der Waals surface area (Å²) in [5, 5.41) is 2.87. The molecule has 1 fully saturated rings. The van der Waals surface area contributed by atoms with Crippen molar-refractivity contribution in [2.24, 2.45) is 0 Å². The summed E-state index contributed by atoms with van der Waals surface area (Å²) in [4.78, 5) is 16.2. The molecule has 1 saturated heterocycles. The largest absolute Gasteiger partial charge is 0.474 e. The van der Waals surface area contributed by atoms with Gasteiger partial charge in [-0.25, -0.2) is 4.98 Å². The molecular formula is C20H22N2O3. The molecule has 0 bridgehead atoms. The predicted molar refractivity (Wildman–Crippen MR) is 96.0 cm³/mol. The summed E-state index contributed by atoms with van der Waals surface area (Å²) in [6, 6.07) is 13.5. The highest BCUT2D eigenvalue weighted by molar-refractivity contribution is 5.91. The molecule has 0 unspecified atom stereocenters. The number of pyridine rings is 1. The molecule has 25 heavy (non-hydrogen) atoms. The number of rotatable bonds is 6. The highest BCUT2D eigenvalue weighted by Crippen LogP contribution is 2.16. The molecule has 1 N–H and O–H groups in total. The number of amides is 1. The maximum atomic E-state index is 11.9. The fourth-order valence-corrected chi connectivity index (χ4v) is 2.57. The van der Waals surface area contributed by atoms with E-state index in [1.807, 2.05) is 42.5 Å². The van der Waals surface area contributed by atoms with E-state index >= 15 is 0 Å². The summed E-state index contributed by atoms with van der Waals surface area (Å²) >= 11 is 0. The van der Waals surface area contributed by atoms with Gasteiger partial charge >= 0.3 is 0 Å². The molecule has 0 atom stereocenters. The fourth-order valence-electron chi connectivity index (χ4n) is 2.57. The smallest absolute Gasteiger partial charge is 0.244 e. The molecule has 5 heteroatoms. The maximum absolute atomic E-state index is 11.9. The number of aromatic nitrogens is 1. The van der Waals surface area contributed by atoms with Gasteiger partial charge in [-0.3, -0.25) is 4.79 Å². The lowest BCUT2D eigenvalue weighted by Gasteiger charge is -2.22. The van der Waals surface area contributed by atoms with E-state index in [4.69, 9.17) is 9.47 Å². The second kappa shape index (κ2) is 8.99. The Balaban J connectivity index is 1.50. The van der Waals surface area contributed by atoms with Crippen molar-refractivity contribution in [2.75, 3.05) is 13.2 Å². The number of nitrogens with zero attached hydrogens (tertiary/aromatic N) is 1. The molecule has 2 aromatic rings. The van der Waals surface area contributed by atoms with Gasteiger partial charge in [0.05, 0.1) is 13.2 Å². The van der Waals surface area contributed by atoms with Crippen LogP contribution in [0.25, 0.3) is 6.08 Å². The molecule has 0 aliphatic carbocycles. The molecule has 0 saturated carbocycles. The number of nitrogens with one attached hydrogen (secondary N) is 1. The van der Waals surface area contributed by atoms with Crippen LogP contribution in [0.15, 0.2) is 54.7 Å². The molecule has 3 rings (SSSR count). The van der Waals surface area contributed by atoms with Crippen LogP contribution in [0.5, 0.6) is 5.88 Å². The number of benzene rings is 1. The Bertz CT molecular complexity index is 710. The number of carbonyl (C=O) groups is 1. The van der Waals surface area contributed by atoms with Crippen molar-refractivity contribution in [3.63, 3.8) is 0 Å². The molecule has 1 aromatic heterocycles. The van der Waals surface area contributed by atoms with Crippen LogP contribution < -0.4 is 10.1 Å². The SMILES string of the molecule is O=C(/C=C/c1ccccc1)NCc1ccnc(OC2CCOCC2)c1. The van der Waals surface area contributed by atoms with Gasteiger partial charge in [-0.2, -0.15) is 0 Å². The van der Waals surface area contributed by atoms with E-state index in [1.54, 1.807) is 12.3 Å². The summed E-state index contributed by atoms with van der Waals surface area (Å²) < 4.78 is 11.2. The molecule has 130 valence electrons. The maximum Gasteiger partial charge on any atom is 0.244 e. The third kappa shape index (κ3) is 5.72. The first-order valence-corrected chi connectivity index (χ1v) is 8.50. The zero-order valence-corrected chi connectivity index (χ0v) is 14.1. The molecule has 0 radical (unpaired) electrons. The summed E-state index contributed by atoms with van der Waals surface area (Å²) in [6.45, 7) is 1.90. The van der Waals surface area contributed by atoms with Crippen LogP contribution in [0.3, 0.4) is 0 Å². The van der Waals surface area contributed by atoms with E-state index in [9.17, 15) is 4.79 Å². The first kappa shape index (κ1) is 17.2. The molecule has 1 aliphatic heterocycles. The minimum atomic E-state index is -0.132. The highest BCUT2D eigenvalue weighted by Gasteiger charge is 2.15. The molecular weight excluding hydrogens is 316 g/mol. The summed E-state index contributed by atoms with van der Waals surface area (Å²) in [7, 11) is 0. The second-order valence-corrected chi connectivity index (χ2v) is 5.89. The van der Waals surface area contributed by atoms with Gasteiger partial charge in [0.25, 0.3) is 0 Å². The lowest BCUT2D eigenvalue weighted by molar-refractivity contribution is -0.116. The fraction of sp³-hybridized carbons (Fsp3) is 0.300. The number of carbonyl (C=O) groups excluding carboxylic acids is 1. The van der Waals surface area contributed by atoms with Gasteiger partial charge in [0.1, 0.15) is 6.10 Å². The number of hydrogen-bond donors (Lipinski definition) is 1. The van der Waals surface area contributed by atoms with Crippen LogP contribution in [0.2, 0.25) is 0 Å². The summed E-state index contributed by atoms with van der Waals surface area (Å²) in [5.74, 6) is 0.464. The Labute approximate surface area is 147 Å². The summed E-state index contributed by atoms with van der Waals surface area (Å²) in [5.41, 5.74) is 1.95. The minimum Gasteiger partial charge on any atom is -0.474 e. The van der Waals surface area contributed by atoms with E-state index in [2.05, 4.69) is 10.3 Å². The Hall–Kier alpha value is -2.66. The van der Waals surface area contributed by atoms with Crippen molar-refractivity contribution >= 4 is 12.0 Å². The number of hydrogen-bond acceptors (Lipinski definition) is 4. The minimum absolute atomic E-state index is 0.132. The molecule has 0 spiro atoms. The van der Waals surface area contributed by atoms with Crippen molar-refractivity contribution in [3.05, 3.63) is 65.9 Å². The Morgan fingerprint density at radius 3 is 2.84 bits per heavy atom. The lowest BCUT2D eigenvalue weighted by Crippen LogP contribution is -2.26. The van der Waals surface area contributed by atoms with Crippen LogP contribution in [0.4, 0.5) is 0 Å². The van der Waals surface area contributed by atoms with E-state index in [0.29, 0.717) is 12.4 Å². The van der Waals surface area contributed by atoms with E-state index < -0.39 is 0 Å². The Kier molecular flexibility index (Phi) is 6.17. The van der Waals surface area contributed by atoms with Crippen molar-refractivity contribution in [3.8, 4) is 5.88 Å². The quantitative estimate of drug-likeness (QED) is 0.823. The topological polar surface area (TPSA) is 60.5 Å². The molecule has 5 nitrogen and oxygen atoms in total. The Morgan fingerprint density at radius 2 is 2.04 bits per heavy atom. The van der Waals surface area contributed by atoms with Crippen molar-refractivity contribution < 1.29 is 14.3 Å². The third-order valence-corrected chi connectivity index (χ3v) is 3.95. The van der Waals surface area contributed by atoms with E-state index in [-0.39, 0.29) is 12.0 Å². The van der Waals surface area contributed by atoms with Gasteiger partial charge in [-0.05, 0) is 23.3 Å². The van der Waals surface area contributed by atoms with Crippen LogP contribution in [0.1, 0.15) is 24.0 Å². The van der Waals surface area contributed by atoms with Crippen LogP contribution in [-0.4, -0.2) is 30.2 Å². The first-order valence-electron chi connectivity index (χ1n) is 8.50. The average Bonchev–Trinajstić information content (AvgIpc) is 2.67. The van der Waals surface area contributed by atoms with Gasteiger partial charge < -0.3 is 14.8 Å². The molecule has 1 aromatic carbocycles. The lowest BCUT2D eigenvalue weighted by atomic mass is 10.1. The first-order chi connectivity index (χ1) is 12.3. The van der Waals surface area contributed by atoms with Gasteiger partial charge in [-0.1, -0.05) is 30.3 Å². The normalized spacial score (nSPS) is 15.2. The van der Waals surface area contributed by atoms with Crippen molar-refractivity contribution in [1.82, 2.24) is 10.3 Å². The van der Waals surface area contributed by atoms with Gasteiger partial charge in [-0.15, -0.1) is 0 Å². The Morgan fingerprint density at radius 1 is 1.24 bits per heavy atom. The third-order valence-electron chi connectivity index (χ3n) is 3.95. The molecule has 2 heterocycles. The molecule has 1 aliphatic rings. The van der Waals surface area contributed by atoms with E-state index in [0.717, 1.165) is 37.2 Å². The van der Waals surface area contributed by atoms with Crippen LogP contribution in [0, 0.1) is 0 Å². The number of ether oxygens (including phenoxy) is 2. The zero-order valence-electron chi connectivity index (χ0n) is 14.1. The van der Waals surface area contributed by atoms with Crippen molar-refractivity contribution in [1.29, 1.82) is 0 Å². The monoisotopic (exact) mass is 338 g/mol. The van der Waals surface area contributed by atoms with Gasteiger partial charge in [0.15, 0.2) is 0 Å². The predicted octanol–water partition coefficient (Wildman–Crippen LogP) is 2.97. The van der Waals surface area contributed by atoms with Gasteiger partial charge in [0, 0.05) is 37.7 Å². The van der Waals surface area contributed by atoms with Crippen LogP contribution in [-0.2, 0) is 16.1 Å². The standard InChI is InChI=1S/C20H22N2O3/c23-19(7-6-16-4-2-1-3-5-16)22-15-17-8-11-21-20(14-17)25-18-9-12-24-13-10-18/h1-8,11,14,18H,9-10,12-13,15H2,(H,22,23)/b7-6+. The molecule has 1 amide bonds. The van der Waals surface area contributed by atoms with Crippen LogP contribution >= 0.6 is 0 Å². The summed E-state index contributed by atoms with van der Waals surface area (Å²) in [6.07, 6.45) is 6.95. The highest BCUT2D eigenvalue weighted by atomic mass is 16.5. The zero-order chi connectivity index (χ0) is 17.3. The second-order valence-electron chi connectivity index (χ2n) is 5.89. The van der Waals surface area contributed by atoms with Gasteiger partial charge in [0.2, 0.25) is 11.8 Å². The van der Waals surface area contributed by atoms with Crippen molar-refractivity contribution in [2.45, 2.75) is 25.5 Å².